The van der Waals surface area contributed by atoms with E-state index in [9.17, 15) is 4.79 Å². The van der Waals surface area contributed by atoms with E-state index in [2.05, 4.69) is 17.6 Å². The van der Waals surface area contributed by atoms with Gasteiger partial charge >= 0.3 is 0 Å². The van der Waals surface area contributed by atoms with Crippen molar-refractivity contribution in [2.45, 2.75) is 70.9 Å². The molecule has 1 amide bonds. The Labute approximate surface area is 181 Å². The van der Waals surface area contributed by atoms with Crippen LogP contribution in [0.1, 0.15) is 70.4 Å². The van der Waals surface area contributed by atoms with Crippen LogP contribution in [0, 0.1) is 11.8 Å². The van der Waals surface area contributed by atoms with Crippen molar-refractivity contribution < 1.29 is 14.3 Å². The van der Waals surface area contributed by atoms with Crippen LogP contribution < -0.4 is 20.1 Å². The van der Waals surface area contributed by atoms with Gasteiger partial charge in [0.2, 0.25) is 5.91 Å². The van der Waals surface area contributed by atoms with E-state index in [4.69, 9.17) is 9.47 Å². The molecule has 5 nitrogen and oxygen atoms in total. The summed E-state index contributed by atoms with van der Waals surface area (Å²) in [5.74, 6) is 2.66. The molecule has 1 aliphatic carbocycles. The maximum absolute atomic E-state index is 12.5. The van der Waals surface area contributed by atoms with E-state index in [-0.39, 0.29) is 24.4 Å². The quantitative estimate of drug-likeness (QED) is 0.638. The number of nitrogens with one attached hydrogen (secondary N) is 2. The summed E-state index contributed by atoms with van der Waals surface area (Å²) in [7, 11) is 1.67. The normalized spacial score (nSPS) is 21.7. The maximum atomic E-state index is 12.5. The third kappa shape index (κ3) is 6.78. The molecule has 164 valence electrons. The highest BCUT2D eigenvalue weighted by Gasteiger charge is 2.23. The SMILES string of the molecule is COc1cc(C(C)NC(=O)CC(C)C2CCCNC2)ccc1OC1CCCC1.Cl. The molecule has 3 rings (SSSR count). The molecule has 0 radical (unpaired) electrons. The van der Waals surface area contributed by atoms with Crippen LogP contribution in [0.4, 0.5) is 0 Å². The van der Waals surface area contributed by atoms with Gasteiger partial charge in [-0.15, -0.1) is 12.4 Å². The Kier molecular flexibility index (Phi) is 9.57. The van der Waals surface area contributed by atoms with Gasteiger partial charge in [0.1, 0.15) is 0 Å². The Hall–Kier alpha value is -1.46. The number of rotatable bonds is 8. The molecule has 0 spiro atoms. The van der Waals surface area contributed by atoms with Crippen molar-refractivity contribution >= 4 is 18.3 Å². The number of carbonyl (C=O) groups is 1. The van der Waals surface area contributed by atoms with Crippen LogP contribution in [0.2, 0.25) is 0 Å². The van der Waals surface area contributed by atoms with Crippen LogP contribution in [0.15, 0.2) is 18.2 Å². The molecular formula is C23H37ClN2O3. The van der Waals surface area contributed by atoms with Gasteiger partial charge in [0.15, 0.2) is 11.5 Å². The standard InChI is InChI=1S/C23H36N2O3.ClH/c1-16(19-7-6-12-24-15-19)13-23(26)25-17(2)18-10-11-21(22(14-18)27-3)28-20-8-4-5-9-20;/h10-11,14,16-17,19-20,24H,4-9,12-13,15H2,1-3H3,(H,25,26);1H. The van der Waals surface area contributed by atoms with Gasteiger partial charge in [-0.25, -0.2) is 0 Å². The second-order valence-electron chi connectivity index (χ2n) is 8.51. The summed E-state index contributed by atoms with van der Waals surface area (Å²) in [6.07, 6.45) is 8.02. The van der Waals surface area contributed by atoms with Gasteiger partial charge in [-0.05, 0) is 88.1 Å². The Bertz CT molecular complexity index is 643. The minimum atomic E-state index is -0.0568. The van der Waals surface area contributed by atoms with Crippen LogP contribution in [0.3, 0.4) is 0 Å². The smallest absolute Gasteiger partial charge is 0.220 e. The lowest BCUT2D eigenvalue weighted by molar-refractivity contribution is -0.123. The van der Waals surface area contributed by atoms with E-state index in [0.29, 0.717) is 24.4 Å². The first-order valence-electron chi connectivity index (χ1n) is 10.9. The molecule has 0 aromatic heterocycles. The van der Waals surface area contributed by atoms with Crippen LogP contribution >= 0.6 is 12.4 Å². The number of ether oxygens (including phenoxy) is 2. The van der Waals surface area contributed by atoms with Crippen molar-refractivity contribution in [2.75, 3.05) is 20.2 Å². The predicted octanol–water partition coefficient (Wildman–Crippen LogP) is 4.64. The number of halogens is 1. The zero-order chi connectivity index (χ0) is 19.9. The molecule has 1 saturated carbocycles. The van der Waals surface area contributed by atoms with Gasteiger partial charge in [-0.1, -0.05) is 13.0 Å². The number of hydrogen-bond acceptors (Lipinski definition) is 4. The first kappa shape index (κ1) is 23.8. The Morgan fingerprint density at radius 1 is 1.17 bits per heavy atom. The summed E-state index contributed by atoms with van der Waals surface area (Å²) < 4.78 is 11.7. The monoisotopic (exact) mass is 424 g/mol. The Balaban J connectivity index is 0.00000300. The van der Waals surface area contributed by atoms with E-state index in [1.165, 1.54) is 25.7 Å². The summed E-state index contributed by atoms with van der Waals surface area (Å²) >= 11 is 0. The van der Waals surface area contributed by atoms with Crippen LogP contribution in [0.25, 0.3) is 0 Å². The molecule has 1 aromatic carbocycles. The minimum Gasteiger partial charge on any atom is -0.493 e. The number of amides is 1. The van der Waals surface area contributed by atoms with E-state index in [0.717, 1.165) is 43.0 Å². The van der Waals surface area contributed by atoms with Gasteiger partial charge in [0.25, 0.3) is 0 Å². The first-order valence-corrected chi connectivity index (χ1v) is 10.9. The molecule has 2 fully saturated rings. The second kappa shape index (κ2) is 11.7. The number of piperidine rings is 1. The fraction of sp³-hybridized carbons (Fsp3) is 0.696. The molecule has 0 bridgehead atoms. The largest absolute Gasteiger partial charge is 0.493 e. The highest BCUT2D eigenvalue weighted by atomic mass is 35.5. The molecule has 3 unspecified atom stereocenters. The van der Waals surface area contributed by atoms with Gasteiger partial charge in [0, 0.05) is 6.42 Å². The van der Waals surface area contributed by atoms with Crippen molar-refractivity contribution in [3.63, 3.8) is 0 Å². The summed E-state index contributed by atoms with van der Waals surface area (Å²) in [4.78, 5) is 12.5. The predicted molar refractivity (Wildman–Crippen MR) is 119 cm³/mol. The molecular weight excluding hydrogens is 388 g/mol. The van der Waals surface area contributed by atoms with Crippen LogP contribution in [0.5, 0.6) is 11.5 Å². The van der Waals surface area contributed by atoms with Crippen molar-refractivity contribution in [1.82, 2.24) is 10.6 Å². The van der Waals surface area contributed by atoms with Crippen molar-refractivity contribution in [1.29, 1.82) is 0 Å². The van der Waals surface area contributed by atoms with Crippen LogP contribution in [-0.2, 0) is 4.79 Å². The zero-order valence-electron chi connectivity index (χ0n) is 18.0. The Morgan fingerprint density at radius 3 is 2.59 bits per heavy atom. The third-order valence-electron chi connectivity index (χ3n) is 6.31. The number of hydrogen-bond donors (Lipinski definition) is 2. The summed E-state index contributed by atoms with van der Waals surface area (Å²) in [6.45, 7) is 6.36. The van der Waals surface area contributed by atoms with Gasteiger partial charge in [-0.3, -0.25) is 4.79 Å². The van der Waals surface area contributed by atoms with E-state index in [1.807, 2.05) is 25.1 Å². The van der Waals surface area contributed by atoms with Crippen molar-refractivity contribution in [2.24, 2.45) is 11.8 Å². The summed E-state index contributed by atoms with van der Waals surface area (Å²) in [6, 6.07) is 5.94. The number of benzene rings is 1. The molecule has 6 heteroatoms. The molecule has 1 aliphatic heterocycles. The fourth-order valence-corrected chi connectivity index (χ4v) is 4.44. The highest BCUT2D eigenvalue weighted by molar-refractivity contribution is 5.85. The summed E-state index contributed by atoms with van der Waals surface area (Å²) in [5, 5.41) is 6.60. The lowest BCUT2D eigenvalue weighted by atomic mass is 9.85. The molecule has 1 saturated heterocycles. The average molecular weight is 425 g/mol. The maximum Gasteiger partial charge on any atom is 0.220 e. The average Bonchev–Trinajstić information content (AvgIpc) is 3.21. The molecule has 3 atom stereocenters. The lowest BCUT2D eigenvalue weighted by Crippen LogP contribution is -2.36. The number of methoxy groups -OCH3 is 1. The fourth-order valence-electron chi connectivity index (χ4n) is 4.44. The van der Waals surface area contributed by atoms with E-state index in [1.54, 1.807) is 7.11 Å². The van der Waals surface area contributed by atoms with E-state index < -0.39 is 0 Å². The summed E-state index contributed by atoms with van der Waals surface area (Å²) in [5.41, 5.74) is 1.04. The lowest BCUT2D eigenvalue weighted by Gasteiger charge is -2.28. The zero-order valence-corrected chi connectivity index (χ0v) is 18.9. The van der Waals surface area contributed by atoms with Gasteiger partial charge in [-0.2, -0.15) is 0 Å². The Morgan fingerprint density at radius 2 is 1.93 bits per heavy atom. The third-order valence-corrected chi connectivity index (χ3v) is 6.31. The molecule has 1 aromatic rings. The van der Waals surface area contributed by atoms with Crippen molar-refractivity contribution in [3.8, 4) is 11.5 Å². The van der Waals surface area contributed by atoms with E-state index >= 15 is 0 Å². The van der Waals surface area contributed by atoms with Gasteiger partial charge in [0.05, 0.1) is 19.3 Å². The molecule has 2 aliphatic rings. The first-order chi connectivity index (χ1) is 13.6. The molecule has 29 heavy (non-hydrogen) atoms. The van der Waals surface area contributed by atoms with Crippen LogP contribution in [-0.4, -0.2) is 32.2 Å². The highest BCUT2D eigenvalue weighted by Crippen LogP contribution is 2.34. The van der Waals surface area contributed by atoms with Crippen molar-refractivity contribution in [3.05, 3.63) is 23.8 Å². The topological polar surface area (TPSA) is 59.6 Å². The molecule has 2 N–H and O–H groups in total. The van der Waals surface area contributed by atoms with Gasteiger partial charge < -0.3 is 20.1 Å². The minimum absolute atomic E-state index is 0. The number of carbonyl (C=O) groups excluding carboxylic acids is 1. The second-order valence-corrected chi connectivity index (χ2v) is 8.51. The molecule has 1 heterocycles.